The molecule has 2 aliphatic heterocycles. The molecule has 3 aromatic carbocycles. The van der Waals surface area contributed by atoms with Gasteiger partial charge in [-0.25, -0.2) is 0 Å². The van der Waals surface area contributed by atoms with Crippen molar-refractivity contribution >= 4 is 17.8 Å². The summed E-state index contributed by atoms with van der Waals surface area (Å²) in [6, 6.07) is 26.2. The zero-order chi connectivity index (χ0) is 28.3. The van der Waals surface area contributed by atoms with E-state index in [-0.39, 0.29) is 13.3 Å². The van der Waals surface area contributed by atoms with Crippen LogP contribution in [0.5, 0.6) is 11.5 Å². The van der Waals surface area contributed by atoms with E-state index < -0.39 is 23.7 Å². The van der Waals surface area contributed by atoms with Gasteiger partial charge >= 0.3 is 17.8 Å². The Morgan fingerprint density at radius 2 is 1.48 bits per heavy atom. The van der Waals surface area contributed by atoms with E-state index in [1.807, 2.05) is 24.3 Å². The fourth-order valence-corrected chi connectivity index (χ4v) is 4.65. The van der Waals surface area contributed by atoms with Crippen LogP contribution in [0.4, 0.5) is 0 Å². The van der Waals surface area contributed by atoms with Crippen molar-refractivity contribution < 1.29 is 28.6 Å². The van der Waals surface area contributed by atoms with E-state index in [0.29, 0.717) is 50.5 Å². The molecule has 3 aromatic rings. The van der Waals surface area contributed by atoms with Crippen molar-refractivity contribution in [1.29, 1.82) is 0 Å². The first-order chi connectivity index (χ1) is 19.5. The second-order valence-electron chi connectivity index (χ2n) is 9.53. The Bertz CT molecular complexity index is 1250. The summed E-state index contributed by atoms with van der Waals surface area (Å²) in [5, 5.41) is 0. The van der Waals surface area contributed by atoms with Gasteiger partial charge in [-0.05, 0) is 48.2 Å². The van der Waals surface area contributed by atoms with Crippen LogP contribution in [0.2, 0.25) is 0 Å². The fraction of sp³-hybridized carbons (Fsp3) is 0.323. The van der Waals surface area contributed by atoms with E-state index in [4.69, 9.17) is 19.9 Å². The molecule has 9 heteroatoms. The second kappa shape index (κ2) is 14.1. The van der Waals surface area contributed by atoms with E-state index in [1.54, 1.807) is 6.07 Å². The summed E-state index contributed by atoms with van der Waals surface area (Å²) in [4.78, 5) is 40.0. The second-order valence-corrected chi connectivity index (χ2v) is 9.53. The first-order valence-electron chi connectivity index (χ1n) is 13.3. The van der Waals surface area contributed by atoms with Crippen molar-refractivity contribution in [2.45, 2.75) is 12.8 Å². The standard InChI is InChI=1S/C19H25N3O6.C12H10/c1-26-19(25)14(9-13-3-4-15-16(10-13)28-12-27-15)11-22-8-7-21(6-2-5-20)17(23)18(22)24;1-3-7-11(8-4-1)12-9-5-2-6-10-12/h3-4,10,14H,2,5-9,11-12,20H2,1H3;1-10H. The number of nitrogens with two attached hydrogens (primary N) is 1. The van der Waals surface area contributed by atoms with Gasteiger partial charge in [0.1, 0.15) is 0 Å². The third kappa shape index (κ3) is 7.39. The predicted molar refractivity (Wildman–Crippen MR) is 150 cm³/mol. The molecule has 1 unspecified atom stereocenters. The molecule has 210 valence electrons. The molecule has 0 bridgehead atoms. The minimum Gasteiger partial charge on any atom is -0.469 e. The highest BCUT2D eigenvalue weighted by molar-refractivity contribution is 6.35. The zero-order valence-corrected chi connectivity index (χ0v) is 22.7. The van der Waals surface area contributed by atoms with Crippen molar-refractivity contribution in [2.24, 2.45) is 11.7 Å². The van der Waals surface area contributed by atoms with Gasteiger partial charge < -0.3 is 29.7 Å². The first-order valence-corrected chi connectivity index (χ1v) is 13.3. The molecule has 2 heterocycles. The number of hydrogen-bond acceptors (Lipinski definition) is 7. The predicted octanol–water partition coefficient (Wildman–Crippen LogP) is 3.12. The Hall–Kier alpha value is -4.37. The molecular weight excluding hydrogens is 510 g/mol. The molecule has 1 fully saturated rings. The van der Waals surface area contributed by atoms with Gasteiger partial charge in [0.15, 0.2) is 11.5 Å². The lowest BCUT2D eigenvalue weighted by atomic mass is 9.98. The Morgan fingerprint density at radius 1 is 0.875 bits per heavy atom. The Morgan fingerprint density at radius 3 is 2.10 bits per heavy atom. The molecule has 2 N–H and O–H groups in total. The topological polar surface area (TPSA) is 111 Å². The minimum atomic E-state index is -0.595. The van der Waals surface area contributed by atoms with Crippen LogP contribution in [0.15, 0.2) is 78.9 Å². The van der Waals surface area contributed by atoms with Gasteiger partial charge in [0.05, 0.1) is 13.0 Å². The molecule has 2 aliphatic rings. The number of piperazine rings is 1. The minimum absolute atomic E-state index is 0.121. The van der Waals surface area contributed by atoms with Gasteiger partial charge in [0.2, 0.25) is 6.79 Å². The van der Waals surface area contributed by atoms with Crippen molar-refractivity contribution in [3.63, 3.8) is 0 Å². The molecule has 1 atom stereocenters. The number of fused-ring (bicyclic) bond motifs is 1. The maximum absolute atomic E-state index is 12.5. The number of hydrogen-bond donors (Lipinski definition) is 1. The van der Waals surface area contributed by atoms with Crippen LogP contribution in [0, 0.1) is 5.92 Å². The number of ether oxygens (including phenoxy) is 3. The van der Waals surface area contributed by atoms with E-state index in [0.717, 1.165) is 5.56 Å². The normalized spacial score (nSPS) is 14.8. The van der Waals surface area contributed by atoms with Crippen LogP contribution >= 0.6 is 0 Å². The van der Waals surface area contributed by atoms with E-state index in [9.17, 15) is 14.4 Å². The van der Waals surface area contributed by atoms with Crippen LogP contribution in [-0.2, 0) is 25.5 Å². The molecule has 0 spiro atoms. The third-order valence-electron chi connectivity index (χ3n) is 6.80. The summed E-state index contributed by atoms with van der Waals surface area (Å²) in [6.07, 6.45) is 1.01. The van der Waals surface area contributed by atoms with Crippen LogP contribution in [-0.4, -0.2) is 74.2 Å². The number of carbonyl (C=O) groups is 3. The lowest BCUT2D eigenvalue weighted by Gasteiger charge is -2.35. The highest BCUT2D eigenvalue weighted by Crippen LogP contribution is 2.33. The molecular formula is C31H35N3O6. The lowest BCUT2D eigenvalue weighted by Crippen LogP contribution is -2.56. The number of nitrogens with zero attached hydrogens (tertiary/aromatic N) is 2. The van der Waals surface area contributed by atoms with Gasteiger partial charge in [0, 0.05) is 26.2 Å². The van der Waals surface area contributed by atoms with Crippen molar-refractivity contribution in [2.75, 3.05) is 46.6 Å². The number of benzene rings is 3. The Labute approximate surface area is 234 Å². The maximum Gasteiger partial charge on any atom is 0.312 e. The third-order valence-corrected chi connectivity index (χ3v) is 6.80. The molecule has 2 amide bonds. The quantitative estimate of drug-likeness (QED) is 0.325. The highest BCUT2D eigenvalue weighted by atomic mass is 16.7. The summed E-state index contributed by atoms with van der Waals surface area (Å²) in [6.45, 7) is 2.03. The summed E-state index contributed by atoms with van der Waals surface area (Å²) in [5.41, 5.74) is 8.89. The average Bonchev–Trinajstić information content (AvgIpc) is 3.47. The van der Waals surface area contributed by atoms with Crippen LogP contribution in [0.1, 0.15) is 12.0 Å². The summed E-state index contributed by atoms with van der Waals surface area (Å²) in [5.74, 6) is -0.871. The van der Waals surface area contributed by atoms with Crippen molar-refractivity contribution in [1.82, 2.24) is 9.80 Å². The SMILES string of the molecule is COC(=O)C(Cc1ccc2c(c1)OCO2)CN1CCN(CCCN)C(=O)C1=O.c1ccc(-c2ccccc2)cc1. The molecule has 0 radical (unpaired) electrons. The monoisotopic (exact) mass is 545 g/mol. The van der Waals surface area contributed by atoms with Gasteiger partial charge in [-0.3, -0.25) is 14.4 Å². The van der Waals surface area contributed by atoms with Crippen molar-refractivity contribution in [3.05, 3.63) is 84.4 Å². The first kappa shape index (κ1) is 28.6. The molecule has 9 nitrogen and oxygen atoms in total. The van der Waals surface area contributed by atoms with Gasteiger partial charge in [-0.15, -0.1) is 0 Å². The zero-order valence-electron chi connectivity index (χ0n) is 22.7. The number of carbonyl (C=O) groups excluding carboxylic acids is 3. The summed E-state index contributed by atoms with van der Waals surface area (Å²) >= 11 is 0. The van der Waals surface area contributed by atoms with Gasteiger partial charge in [-0.1, -0.05) is 66.7 Å². The highest BCUT2D eigenvalue weighted by Gasteiger charge is 2.35. The van der Waals surface area contributed by atoms with Gasteiger partial charge in [-0.2, -0.15) is 0 Å². The van der Waals surface area contributed by atoms with Crippen LogP contribution in [0.3, 0.4) is 0 Å². The molecule has 0 saturated carbocycles. The Balaban J connectivity index is 0.000000255. The lowest BCUT2D eigenvalue weighted by molar-refractivity contribution is -0.158. The van der Waals surface area contributed by atoms with Crippen molar-refractivity contribution in [3.8, 4) is 22.6 Å². The van der Waals surface area contributed by atoms with Crippen LogP contribution < -0.4 is 15.2 Å². The van der Waals surface area contributed by atoms with E-state index in [1.165, 1.54) is 28.0 Å². The molecule has 0 aliphatic carbocycles. The fourth-order valence-electron chi connectivity index (χ4n) is 4.65. The average molecular weight is 546 g/mol. The smallest absolute Gasteiger partial charge is 0.312 e. The molecule has 1 saturated heterocycles. The largest absolute Gasteiger partial charge is 0.469 e. The number of methoxy groups -OCH3 is 1. The maximum atomic E-state index is 12.5. The Kier molecular flexibility index (Phi) is 10.1. The summed E-state index contributed by atoms with van der Waals surface area (Å²) in [7, 11) is 1.31. The molecule has 5 rings (SSSR count). The number of esters is 1. The number of rotatable bonds is 9. The van der Waals surface area contributed by atoms with Gasteiger partial charge in [0.25, 0.3) is 0 Å². The summed E-state index contributed by atoms with van der Waals surface area (Å²) < 4.78 is 15.6. The number of amides is 2. The van der Waals surface area contributed by atoms with E-state index >= 15 is 0 Å². The van der Waals surface area contributed by atoms with E-state index in [2.05, 4.69) is 48.5 Å². The molecule has 40 heavy (non-hydrogen) atoms. The van der Waals surface area contributed by atoms with Crippen LogP contribution in [0.25, 0.3) is 11.1 Å². The molecule has 0 aromatic heterocycles.